The number of aliphatic carboxylic acids is 1. The molecule has 3 heterocycles. The Balaban J connectivity index is 1.51. The molecule has 6 nitrogen and oxygen atoms in total. The molecule has 5 atom stereocenters. The minimum Gasteiger partial charge on any atom is -0.481 e. The van der Waals surface area contributed by atoms with Crippen LogP contribution in [0.3, 0.4) is 0 Å². The number of hydrogen-bond donors (Lipinski definition) is 2. The topological polar surface area (TPSA) is 88.5 Å². The van der Waals surface area contributed by atoms with Gasteiger partial charge in [-0.25, -0.2) is 4.98 Å². The van der Waals surface area contributed by atoms with Crippen LogP contribution in [0.25, 0.3) is 0 Å². The van der Waals surface area contributed by atoms with Crippen molar-refractivity contribution in [1.82, 2.24) is 4.98 Å². The Morgan fingerprint density at radius 3 is 2.74 bits per heavy atom. The number of nitrogens with one attached hydrogen (secondary N) is 1. The van der Waals surface area contributed by atoms with Crippen LogP contribution in [-0.4, -0.2) is 34.2 Å². The van der Waals surface area contributed by atoms with Crippen molar-refractivity contribution in [2.45, 2.75) is 51.2 Å². The Bertz CT molecular complexity index is 659. The SMILES string of the molecule is C[C@@H]1CCc2nc(NC(=O)[C@H]3[C@@H](C(=O)O)[C@H]4CC[C@H]3O4)sc2C1. The van der Waals surface area contributed by atoms with E-state index >= 15 is 0 Å². The van der Waals surface area contributed by atoms with Gasteiger partial charge in [0.05, 0.1) is 29.7 Å². The van der Waals surface area contributed by atoms with E-state index in [2.05, 4.69) is 17.2 Å². The summed E-state index contributed by atoms with van der Waals surface area (Å²) in [5, 5.41) is 12.9. The van der Waals surface area contributed by atoms with Crippen molar-refractivity contribution in [3.8, 4) is 0 Å². The van der Waals surface area contributed by atoms with E-state index in [4.69, 9.17) is 4.74 Å². The van der Waals surface area contributed by atoms with E-state index in [0.29, 0.717) is 11.0 Å². The van der Waals surface area contributed by atoms with E-state index in [1.807, 2.05) is 0 Å². The standard InChI is InChI=1S/C16H20N2O4S/c1-7-2-3-8-11(6-7)23-16(17-8)18-14(19)12-9-4-5-10(22-9)13(12)15(20)21/h7,9-10,12-13H,2-6H2,1H3,(H,20,21)(H,17,18,19)/t7-,9-,10-,12-,13+/m1/s1. The number of anilines is 1. The van der Waals surface area contributed by atoms with Crippen molar-refractivity contribution in [3.05, 3.63) is 10.6 Å². The summed E-state index contributed by atoms with van der Waals surface area (Å²) in [6.45, 7) is 2.23. The van der Waals surface area contributed by atoms with Crippen LogP contribution >= 0.6 is 11.3 Å². The Hall–Kier alpha value is -1.47. The zero-order chi connectivity index (χ0) is 16.1. The minimum absolute atomic E-state index is 0.260. The summed E-state index contributed by atoms with van der Waals surface area (Å²) < 4.78 is 5.65. The second-order valence-corrected chi connectivity index (χ2v) is 7.99. The molecule has 0 saturated carbocycles. The first-order valence-electron chi connectivity index (χ1n) is 8.20. The molecule has 2 fully saturated rings. The van der Waals surface area contributed by atoms with Gasteiger partial charge in [0.1, 0.15) is 0 Å². The highest BCUT2D eigenvalue weighted by molar-refractivity contribution is 7.15. The summed E-state index contributed by atoms with van der Waals surface area (Å²) in [6.07, 6.45) is 4.00. The van der Waals surface area contributed by atoms with Crippen molar-refractivity contribution in [2.75, 3.05) is 5.32 Å². The fourth-order valence-corrected chi connectivity index (χ4v) is 5.28. The van der Waals surface area contributed by atoms with Crippen LogP contribution in [0.5, 0.6) is 0 Å². The number of carboxylic acid groups (broad SMARTS) is 1. The van der Waals surface area contributed by atoms with Crippen molar-refractivity contribution >= 4 is 28.3 Å². The molecule has 2 aliphatic heterocycles. The van der Waals surface area contributed by atoms with Crippen molar-refractivity contribution in [2.24, 2.45) is 17.8 Å². The van der Waals surface area contributed by atoms with E-state index < -0.39 is 17.8 Å². The molecule has 3 aliphatic rings. The zero-order valence-electron chi connectivity index (χ0n) is 12.9. The highest BCUT2D eigenvalue weighted by Gasteiger charge is 2.55. The molecule has 2 N–H and O–H groups in total. The Labute approximate surface area is 138 Å². The molecule has 0 spiro atoms. The Morgan fingerprint density at radius 1 is 1.26 bits per heavy atom. The molecule has 23 heavy (non-hydrogen) atoms. The maximum Gasteiger partial charge on any atom is 0.310 e. The summed E-state index contributed by atoms with van der Waals surface area (Å²) in [7, 11) is 0. The maximum absolute atomic E-state index is 12.6. The molecule has 2 saturated heterocycles. The number of amides is 1. The van der Waals surface area contributed by atoms with Gasteiger partial charge in [-0.05, 0) is 38.0 Å². The highest BCUT2D eigenvalue weighted by Crippen LogP contribution is 2.44. The van der Waals surface area contributed by atoms with Gasteiger partial charge in [0.15, 0.2) is 5.13 Å². The number of carbonyl (C=O) groups excluding carboxylic acids is 1. The Kier molecular flexibility index (Phi) is 3.65. The van der Waals surface area contributed by atoms with Gasteiger partial charge in [0, 0.05) is 4.88 Å². The third kappa shape index (κ3) is 2.55. The van der Waals surface area contributed by atoms with Gasteiger partial charge in [-0.1, -0.05) is 6.92 Å². The van der Waals surface area contributed by atoms with Crippen LogP contribution in [0.4, 0.5) is 5.13 Å². The first kappa shape index (κ1) is 15.1. The number of thiazole rings is 1. The smallest absolute Gasteiger partial charge is 0.310 e. The van der Waals surface area contributed by atoms with E-state index in [-0.39, 0.29) is 18.1 Å². The third-order valence-electron chi connectivity index (χ3n) is 5.28. The van der Waals surface area contributed by atoms with Crippen LogP contribution in [-0.2, 0) is 27.2 Å². The lowest BCUT2D eigenvalue weighted by Crippen LogP contribution is -2.40. The largest absolute Gasteiger partial charge is 0.481 e. The molecule has 7 heteroatoms. The van der Waals surface area contributed by atoms with Crippen LogP contribution in [0.2, 0.25) is 0 Å². The highest BCUT2D eigenvalue weighted by atomic mass is 32.1. The number of nitrogens with zero attached hydrogens (tertiary/aromatic N) is 1. The quantitative estimate of drug-likeness (QED) is 0.882. The molecule has 1 aliphatic carbocycles. The second kappa shape index (κ2) is 5.56. The monoisotopic (exact) mass is 336 g/mol. The molecular formula is C16H20N2O4S. The lowest BCUT2D eigenvalue weighted by Gasteiger charge is -2.23. The minimum atomic E-state index is -0.940. The van der Waals surface area contributed by atoms with E-state index in [0.717, 1.165) is 37.8 Å². The van der Waals surface area contributed by atoms with Gasteiger partial charge in [-0.2, -0.15) is 0 Å². The predicted molar refractivity (Wildman–Crippen MR) is 84.4 cm³/mol. The Morgan fingerprint density at radius 2 is 2.00 bits per heavy atom. The van der Waals surface area contributed by atoms with Gasteiger partial charge in [0.25, 0.3) is 0 Å². The van der Waals surface area contributed by atoms with Crippen LogP contribution in [0.1, 0.15) is 36.8 Å². The zero-order valence-corrected chi connectivity index (χ0v) is 13.8. The van der Waals surface area contributed by atoms with Gasteiger partial charge >= 0.3 is 5.97 Å². The fraction of sp³-hybridized carbons (Fsp3) is 0.688. The number of aromatic nitrogens is 1. The number of ether oxygens (including phenoxy) is 1. The molecule has 1 amide bonds. The molecule has 0 unspecified atom stereocenters. The second-order valence-electron chi connectivity index (χ2n) is 6.91. The summed E-state index contributed by atoms with van der Waals surface area (Å²) in [6, 6.07) is 0. The summed E-state index contributed by atoms with van der Waals surface area (Å²) in [5.41, 5.74) is 1.09. The average molecular weight is 336 g/mol. The first-order valence-corrected chi connectivity index (χ1v) is 9.02. The van der Waals surface area contributed by atoms with Crippen LogP contribution in [0, 0.1) is 17.8 Å². The average Bonchev–Trinajstić information content (AvgIpc) is 3.18. The van der Waals surface area contributed by atoms with Crippen molar-refractivity contribution in [1.29, 1.82) is 0 Å². The first-order chi connectivity index (χ1) is 11.0. The molecule has 2 bridgehead atoms. The van der Waals surface area contributed by atoms with Crippen molar-refractivity contribution in [3.63, 3.8) is 0 Å². The van der Waals surface area contributed by atoms with Crippen LogP contribution in [0.15, 0.2) is 0 Å². The lowest BCUT2D eigenvalue weighted by atomic mass is 9.79. The molecule has 124 valence electrons. The molecule has 1 aromatic heterocycles. The van der Waals surface area contributed by atoms with E-state index in [1.54, 1.807) is 0 Å². The number of fused-ring (bicyclic) bond motifs is 3. The van der Waals surface area contributed by atoms with Crippen LogP contribution < -0.4 is 5.32 Å². The fourth-order valence-electron chi connectivity index (χ4n) is 4.11. The van der Waals surface area contributed by atoms with Crippen molar-refractivity contribution < 1.29 is 19.4 Å². The number of rotatable bonds is 3. The van der Waals surface area contributed by atoms with Gasteiger partial charge in [0.2, 0.25) is 5.91 Å². The molecular weight excluding hydrogens is 316 g/mol. The summed E-state index contributed by atoms with van der Waals surface area (Å²) >= 11 is 1.52. The van der Waals surface area contributed by atoms with E-state index in [9.17, 15) is 14.7 Å². The summed E-state index contributed by atoms with van der Waals surface area (Å²) in [4.78, 5) is 29.9. The predicted octanol–water partition coefficient (Wildman–Crippen LogP) is 2.08. The molecule has 1 aromatic rings. The maximum atomic E-state index is 12.6. The third-order valence-corrected chi connectivity index (χ3v) is 6.31. The molecule has 4 rings (SSSR count). The van der Waals surface area contributed by atoms with Gasteiger partial charge in [-0.3, -0.25) is 9.59 Å². The van der Waals surface area contributed by atoms with E-state index in [1.165, 1.54) is 16.2 Å². The molecule has 0 aromatic carbocycles. The normalized spacial score (nSPS) is 35.1. The number of carbonyl (C=O) groups is 2. The lowest BCUT2D eigenvalue weighted by molar-refractivity contribution is -0.147. The number of aryl methyl sites for hydroxylation is 1. The van der Waals surface area contributed by atoms with Gasteiger partial charge < -0.3 is 15.2 Å². The summed E-state index contributed by atoms with van der Waals surface area (Å²) in [5.74, 6) is -1.88. The number of hydrogen-bond acceptors (Lipinski definition) is 5. The van der Waals surface area contributed by atoms with Gasteiger partial charge in [-0.15, -0.1) is 11.3 Å². The molecule has 0 radical (unpaired) electrons. The number of carboxylic acids is 1.